The minimum Gasteiger partial charge on any atom is -0.354 e. The van der Waals surface area contributed by atoms with E-state index in [4.69, 9.17) is 0 Å². The largest absolute Gasteiger partial charge is 0.354 e. The van der Waals surface area contributed by atoms with E-state index >= 15 is 0 Å². The third-order valence-electron chi connectivity index (χ3n) is 4.82. The van der Waals surface area contributed by atoms with Crippen molar-refractivity contribution in [3.8, 4) is 0 Å². The SMILES string of the molecule is O=C(CN1C(=O)CCCc2ccccc21)NCCCN1CCCC1=O. The van der Waals surface area contributed by atoms with Gasteiger partial charge < -0.3 is 15.1 Å². The number of amides is 3. The van der Waals surface area contributed by atoms with E-state index in [0.29, 0.717) is 25.9 Å². The first-order valence-electron chi connectivity index (χ1n) is 9.08. The van der Waals surface area contributed by atoms with Gasteiger partial charge in [0.05, 0.1) is 0 Å². The molecule has 0 bridgehead atoms. The summed E-state index contributed by atoms with van der Waals surface area (Å²) < 4.78 is 0. The van der Waals surface area contributed by atoms with Crippen molar-refractivity contribution in [2.24, 2.45) is 0 Å². The summed E-state index contributed by atoms with van der Waals surface area (Å²) in [6.45, 7) is 2.08. The van der Waals surface area contributed by atoms with E-state index < -0.39 is 0 Å². The molecule has 3 rings (SSSR count). The lowest BCUT2D eigenvalue weighted by molar-refractivity contribution is -0.127. The standard InChI is InChI=1S/C19H25N3O3/c23-17(20-11-5-13-21-12-4-10-18(21)24)14-22-16-8-2-1-6-15(16)7-3-9-19(22)25/h1-2,6,8H,3-5,7,9-14H2,(H,20,23). The number of hydrogen-bond acceptors (Lipinski definition) is 3. The summed E-state index contributed by atoms with van der Waals surface area (Å²) in [5, 5.41) is 2.87. The van der Waals surface area contributed by atoms with Gasteiger partial charge in [-0.05, 0) is 37.3 Å². The van der Waals surface area contributed by atoms with Crippen LogP contribution in [0.3, 0.4) is 0 Å². The van der Waals surface area contributed by atoms with Crippen molar-refractivity contribution in [2.75, 3.05) is 31.1 Å². The van der Waals surface area contributed by atoms with Crippen molar-refractivity contribution >= 4 is 23.4 Å². The van der Waals surface area contributed by atoms with Crippen LogP contribution >= 0.6 is 0 Å². The van der Waals surface area contributed by atoms with Crippen molar-refractivity contribution in [2.45, 2.75) is 38.5 Å². The van der Waals surface area contributed by atoms with Gasteiger partial charge in [-0.25, -0.2) is 0 Å². The molecule has 6 nitrogen and oxygen atoms in total. The fraction of sp³-hybridized carbons (Fsp3) is 0.526. The first-order chi connectivity index (χ1) is 12.1. The number of benzene rings is 1. The Hall–Kier alpha value is -2.37. The van der Waals surface area contributed by atoms with Gasteiger partial charge in [-0.3, -0.25) is 14.4 Å². The molecular weight excluding hydrogens is 318 g/mol. The predicted molar refractivity (Wildman–Crippen MR) is 95.2 cm³/mol. The van der Waals surface area contributed by atoms with Gasteiger partial charge in [0.2, 0.25) is 17.7 Å². The van der Waals surface area contributed by atoms with E-state index in [1.807, 2.05) is 29.2 Å². The Balaban J connectivity index is 1.50. The number of para-hydroxylation sites is 1. The molecule has 3 amide bonds. The third-order valence-corrected chi connectivity index (χ3v) is 4.82. The van der Waals surface area contributed by atoms with Crippen molar-refractivity contribution in [3.63, 3.8) is 0 Å². The number of hydrogen-bond donors (Lipinski definition) is 1. The number of carbonyl (C=O) groups is 3. The Morgan fingerprint density at radius 3 is 2.64 bits per heavy atom. The number of nitrogens with one attached hydrogen (secondary N) is 1. The van der Waals surface area contributed by atoms with E-state index in [0.717, 1.165) is 43.5 Å². The molecule has 0 aliphatic carbocycles. The van der Waals surface area contributed by atoms with Gasteiger partial charge >= 0.3 is 0 Å². The molecule has 0 radical (unpaired) electrons. The van der Waals surface area contributed by atoms with Crippen LogP contribution in [-0.4, -0.2) is 48.8 Å². The van der Waals surface area contributed by atoms with Crippen LogP contribution in [-0.2, 0) is 20.8 Å². The molecule has 1 aromatic carbocycles. The molecule has 1 aromatic rings. The van der Waals surface area contributed by atoms with Crippen molar-refractivity contribution in [1.82, 2.24) is 10.2 Å². The number of likely N-dealkylation sites (tertiary alicyclic amines) is 1. The van der Waals surface area contributed by atoms with Crippen LogP contribution in [0, 0.1) is 0 Å². The van der Waals surface area contributed by atoms with Crippen molar-refractivity contribution in [3.05, 3.63) is 29.8 Å². The Morgan fingerprint density at radius 2 is 1.84 bits per heavy atom. The summed E-state index contributed by atoms with van der Waals surface area (Å²) in [6, 6.07) is 7.79. The number of fused-ring (bicyclic) bond motifs is 1. The molecule has 1 saturated heterocycles. The average molecular weight is 343 g/mol. The Kier molecular flexibility index (Phi) is 5.68. The van der Waals surface area contributed by atoms with Gasteiger partial charge in [0.25, 0.3) is 0 Å². The number of carbonyl (C=O) groups excluding carboxylic acids is 3. The maximum atomic E-state index is 12.4. The highest BCUT2D eigenvalue weighted by molar-refractivity contribution is 5.99. The predicted octanol–water partition coefficient (Wildman–Crippen LogP) is 1.48. The molecule has 0 saturated carbocycles. The van der Waals surface area contributed by atoms with E-state index in [1.165, 1.54) is 0 Å². The zero-order valence-electron chi connectivity index (χ0n) is 14.5. The maximum absolute atomic E-state index is 12.4. The van der Waals surface area contributed by atoms with Gasteiger partial charge in [-0.1, -0.05) is 18.2 Å². The lowest BCUT2D eigenvalue weighted by Gasteiger charge is -2.22. The number of aryl methyl sites for hydroxylation is 1. The second-order valence-corrected chi connectivity index (χ2v) is 6.65. The van der Waals surface area contributed by atoms with Crippen LogP contribution in [0.2, 0.25) is 0 Å². The summed E-state index contributed by atoms with van der Waals surface area (Å²) in [4.78, 5) is 39.6. The molecule has 0 aromatic heterocycles. The van der Waals surface area contributed by atoms with E-state index in [9.17, 15) is 14.4 Å². The summed E-state index contributed by atoms with van der Waals surface area (Å²) in [6.07, 6.45) is 4.47. The van der Waals surface area contributed by atoms with E-state index in [-0.39, 0.29) is 24.3 Å². The lowest BCUT2D eigenvalue weighted by atomic mass is 10.1. The van der Waals surface area contributed by atoms with Crippen LogP contribution in [0.25, 0.3) is 0 Å². The van der Waals surface area contributed by atoms with Crippen LogP contribution in [0.15, 0.2) is 24.3 Å². The van der Waals surface area contributed by atoms with Gasteiger partial charge in [-0.2, -0.15) is 0 Å². The van der Waals surface area contributed by atoms with Gasteiger partial charge in [0.15, 0.2) is 0 Å². The zero-order valence-corrected chi connectivity index (χ0v) is 14.5. The third kappa shape index (κ3) is 4.38. The molecular formula is C19H25N3O3. The highest BCUT2D eigenvalue weighted by Gasteiger charge is 2.24. The quantitative estimate of drug-likeness (QED) is 0.796. The van der Waals surface area contributed by atoms with Crippen LogP contribution < -0.4 is 10.2 Å². The van der Waals surface area contributed by atoms with Crippen LogP contribution in [0.5, 0.6) is 0 Å². The molecule has 6 heteroatoms. The minimum absolute atomic E-state index is 0.00256. The number of nitrogens with zero attached hydrogens (tertiary/aromatic N) is 2. The summed E-state index contributed by atoms with van der Waals surface area (Å²) in [5.74, 6) is 0.0543. The van der Waals surface area contributed by atoms with Gasteiger partial charge in [0, 0.05) is 38.2 Å². The molecule has 2 heterocycles. The Morgan fingerprint density at radius 1 is 1.04 bits per heavy atom. The van der Waals surface area contributed by atoms with Crippen LogP contribution in [0.4, 0.5) is 5.69 Å². The van der Waals surface area contributed by atoms with Crippen molar-refractivity contribution < 1.29 is 14.4 Å². The maximum Gasteiger partial charge on any atom is 0.240 e. The number of anilines is 1. The summed E-state index contributed by atoms with van der Waals surface area (Å²) >= 11 is 0. The minimum atomic E-state index is -0.155. The molecule has 134 valence electrons. The molecule has 1 fully saturated rings. The topological polar surface area (TPSA) is 69.7 Å². The van der Waals surface area contributed by atoms with Crippen LogP contribution in [0.1, 0.15) is 37.7 Å². The van der Waals surface area contributed by atoms with Crippen molar-refractivity contribution in [1.29, 1.82) is 0 Å². The second-order valence-electron chi connectivity index (χ2n) is 6.65. The molecule has 0 spiro atoms. The second kappa shape index (κ2) is 8.14. The molecule has 2 aliphatic heterocycles. The Labute approximate surface area is 148 Å². The van der Waals surface area contributed by atoms with E-state index in [2.05, 4.69) is 5.32 Å². The smallest absolute Gasteiger partial charge is 0.240 e. The first-order valence-corrected chi connectivity index (χ1v) is 9.08. The fourth-order valence-corrected chi connectivity index (χ4v) is 3.50. The zero-order chi connectivity index (χ0) is 17.6. The highest BCUT2D eigenvalue weighted by atomic mass is 16.2. The molecule has 0 unspecified atom stereocenters. The van der Waals surface area contributed by atoms with Gasteiger partial charge in [-0.15, -0.1) is 0 Å². The first kappa shape index (κ1) is 17.5. The Bertz CT molecular complexity index is 659. The molecule has 2 aliphatic rings. The fourth-order valence-electron chi connectivity index (χ4n) is 3.50. The molecule has 0 atom stereocenters. The summed E-state index contributed by atoms with van der Waals surface area (Å²) in [7, 11) is 0. The summed E-state index contributed by atoms with van der Waals surface area (Å²) in [5.41, 5.74) is 1.97. The van der Waals surface area contributed by atoms with E-state index in [1.54, 1.807) is 4.90 Å². The average Bonchev–Trinajstić information content (AvgIpc) is 2.95. The molecule has 1 N–H and O–H groups in total. The lowest BCUT2D eigenvalue weighted by Crippen LogP contribution is -2.41. The normalized spacial score (nSPS) is 17.4. The van der Waals surface area contributed by atoms with Gasteiger partial charge in [0.1, 0.15) is 6.54 Å². The molecule has 25 heavy (non-hydrogen) atoms. The highest BCUT2D eigenvalue weighted by Crippen LogP contribution is 2.26. The number of rotatable bonds is 6. The monoisotopic (exact) mass is 343 g/mol.